The van der Waals surface area contributed by atoms with Crippen molar-refractivity contribution in [2.24, 2.45) is 9.98 Å². The molecule has 0 fully saturated rings. The van der Waals surface area contributed by atoms with E-state index in [0.717, 1.165) is 17.1 Å². The highest BCUT2D eigenvalue weighted by molar-refractivity contribution is 5.83. The fourth-order valence-electron chi connectivity index (χ4n) is 2.01. The first-order valence-corrected chi connectivity index (χ1v) is 7.48. The predicted octanol–water partition coefficient (Wildman–Crippen LogP) is 4.67. The molecule has 0 aliphatic carbocycles. The van der Waals surface area contributed by atoms with Crippen molar-refractivity contribution in [3.05, 3.63) is 58.9 Å². The standard InChI is InChI=1S/C19H23N3/c1-14-8-6-9-15(2)18(14)20-12-16-10-7-11-17(22-16)13-21-19(3,4)5/h6-13H,1-5H3. The van der Waals surface area contributed by atoms with Crippen LogP contribution in [0.2, 0.25) is 0 Å². The number of hydrogen-bond acceptors (Lipinski definition) is 3. The minimum atomic E-state index is -0.0932. The molecule has 0 atom stereocenters. The summed E-state index contributed by atoms with van der Waals surface area (Å²) in [4.78, 5) is 13.6. The van der Waals surface area contributed by atoms with Gasteiger partial charge in [-0.05, 0) is 57.9 Å². The van der Waals surface area contributed by atoms with E-state index in [1.807, 2.05) is 36.7 Å². The molecule has 0 aliphatic rings. The molecule has 114 valence electrons. The number of aliphatic imine (C=N–C) groups is 2. The molecule has 3 heteroatoms. The van der Waals surface area contributed by atoms with Crippen molar-refractivity contribution >= 4 is 18.1 Å². The average Bonchev–Trinajstić information content (AvgIpc) is 2.44. The molecule has 1 aromatic heterocycles. The van der Waals surface area contributed by atoms with Gasteiger partial charge in [-0.2, -0.15) is 0 Å². The lowest BCUT2D eigenvalue weighted by atomic mass is 10.1. The summed E-state index contributed by atoms with van der Waals surface area (Å²) in [5.74, 6) is 0. The molecule has 22 heavy (non-hydrogen) atoms. The molecule has 2 rings (SSSR count). The summed E-state index contributed by atoms with van der Waals surface area (Å²) in [6.07, 6.45) is 3.63. The van der Waals surface area contributed by atoms with Gasteiger partial charge in [0.15, 0.2) is 0 Å². The topological polar surface area (TPSA) is 37.6 Å². The van der Waals surface area contributed by atoms with E-state index in [0.29, 0.717) is 0 Å². The van der Waals surface area contributed by atoms with Crippen LogP contribution in [0.15, 0.2) is 46.4 Å². The summed E-state index contributed by atoms with van der Waals surface area (Å²) in [6, 6.07) is 12.1. The highest BCUT2D eigenvalue weighted by atomic mass is 14.8. The van der Waals surface area contributed by atoms with E-state index < -0.39 is 0 Å². The second kappa shape index (κ2) is 6.65. The summed E-state index contributed by atoms with van der Waals surface area (Å²) < 4.78 is 0. The van der Waals surface area contributed by atoms with E-state index in [4.69, 9.17) is 0 Å². The molecule has 0 bridgehead atoms. The zero-order valence-electron chi connectivity index (χ0n) is 14.0. The van der Waals surface area contributed by atoms with E-state index in [1.54, 1.807) is 0 Å². The maximum Gasteiger partial charge on any atom is 0.0820 e. The Labute approximate surface area is 132 Å². The maximum absolute atomic E-state index is 4.59. The van der Waals surface area contributed by atoms with Crippen LogP contribution in [0.3, 0.4) is 0 Å². The van der Waals surface area contributed by atoms with E-state index >= 15 is 0 Å². The Kier molecular flexibility index (Phi) is 4.86. The molecular formula is C19H23N3. The molecule has 3 nitrogen and oxygen atoms in total. The van der Waals surface area contributed by atoms with Gasteiger partial charge >= 0.3 is 0 Å². The second-order valence-corrected chi connectivity index (χ2v) is 6.41. The second-order valence-electron chi connectivity index (χ2n) is 6.41. The van der Waals surface area contributed by atoms with Gasteiger partial charge in [0.25, 0.3) is 0 Å². The summed E-state index contributed by atoms with van der Waals surface area (Å²) in [5, 5.41) is 0. The van der Waals surface area contributed by atoms with Crippen LogP contribution in [0.4, 0.5) is 5.69 Å². The number of aryl methyl sites for hydroxylation is 2. The fraction of sp³-hybridized carbons (Fsp3) is 0.316. The normalized spacial score (nSPS) is 12.4. The number of para-hydroxylation sites is 1. The minimum absolute atomic E-state index is 0.0932. The lowest BCUT2D eigenvalue weighted by Crippen LogP contribution is -2.10. The van der Waals surface area contributed by atoms with E-state index in [-0.39, 0.29) is 5.54 Å². The van der Waals surface area contributed by atoms with Crippen LogP contribution in [0, 0.1) is 13.8 Å². The summed E-state index contributed by atoms with van der Waals surface area (Å²) in [6.45, 7) is 10.3. The van der Waals surface area contributed by atoms with Crippen molar-refractivity contribution in [2.45, 2.75) is 40.2 Å². The first kappa shape index (κ1) is 16.1. The third-order valence-electron chi connectivity index (χ3n) is 3.14. The Hall–Kier alpha value is -2.29. The van der Waals surface area contributed by atoms with Crippen LogP contribution in [0.25, 0.3) is 0 Å². The van der Waals surface area contributed by atoms with Gasteiger partial charge in [0.05, 0.1) is 28.8 Å². The van der Waals surface area contributed by atoms with Crippen LogP contribution in [0.5, 0.6) is 0 Å². The SMILES string of the molecule is Cc1cccc(C)c1N=Cc1cccc(C=NC(C)(C)C)n1. The summed E-state index contributed by atoms with van der Waals surface area (Å²) >= 11 is 0. The number of hydrogen-bond donors (Lipinski definition) is 0. The first-order valence-electron chi connectivity index (χ1n) is 7.48. The van der Waals surface area contributed by atoms with Crippen molar-refractivity contribution in [1.82, 2.24) is 4.98 Å². The highest BCUT2D eigenvalue weighted by Gasteiger charge is 2.05. The molecule has 1 aromatic carbocycles. The van der Waals surface area contributed by atoms with E-state index in [9.17, 15) is 0 Å². The average molecular weight is 293 g/mol. The van der Waals surface area contributed by atoms with Crippen molar-refractivity contribution in [1.29, 1.82) is 0 Å². The largest absolute Gasteiger partial charge is 0.285 e. The zero-order chi connectivity index (χ0) is 16.2. The van der Waals surface area contributed by atoms with Gasteiger partial charge in [-0.15, -0.1) is 0 Å². The van der Waals surface area contributed by atoms with Gasteiger partial charge in [-0.1, -0.05) is 24.3 Å². The van der Waals surface area contributed by atoms with Crippen molar-refractivity contribution in [2.75, 3.05) is 0 Å². The molecule has 2 aromatic rings. The third-order valence-corrected chi connectivity index (χ3v) is 3.14. The number of pyridine rings is 1. The lowest BCUT2D eigenvalue weighted by molar-refractivity contribution is 0.586. The Morgan fingerprint density at radius 3 is 2.00 bits per heavy atom. The fourth-order valence-corrected chi connectivity index (χ4v) is 2.01. The maximum atomic E-state index is 4.59. The summed E-state index contributed by atoms with van der Waals surface area (Å²) in [5.41, 5.74) is 4.94. The highest BCUT2D eigenvalue weighted by Crippen LogP contribution is 2.22. The van der Waals surface area contributed by atoms with E-state index in [1.165, 1.54) is 11.1 Å². The van der Waals surface area contributed by atoms with Gasteiger partial charge in [-0.25, -0.2) is 4.98 Å². The van der Waals surface area contributed by atoms with E-state index in [2.05, 4.69) is 61.7 Å². The number of aromatic nitrogens is 1. The Balaban J connectivity index is 2.24. The van der Waals surface area contributed by atoms with Crippen LogP contribution in [0.1, 0.15) is 43.3 Å². The molecule has 1 heterocycles. The predicted molar refractivity (Wildman–Crippen MR) is 94.8 cm³/mol. The smallest absolute Gasteiger partial charge is 0.0820 e. The lowest BCUT2D eigenvalue weighted by Gasteiger charge is -2.10. The molecule has 0 radical (unpaired) electrons. The van der Waals surface area contributed by atoms with Gasteiger partial charge in [-0.3, -0.25) is 9.98 Å². The van der Waals surface area contributed by atoms with Crippen molar-refractivity contribution in [3.8, 4) is 0 Å². The Bertz CT molecular complexity index is 687. The van der Waals surface area contributed by atoms with Gasteiger partial charge in [0.1, 0.15) is 0 Å². The molecule has 0 amide bonds. The van der Waals surface area contributed by atoms with Crippen LogP contribution >= 0.6 is 0 Å². The van der Waals surface area contributed by atoms with Crippen molar-refractivity contribution < 1.29 is 0 Å². The molecular weight excluding hydrogens is 270 g/mol. The number of nitrogens with zero attached hydrogens (tertiary/aromatic N) is 3. The van der Waals surface area contributed by atoms with Gasteiger partial charge in [0.2, 0.25) is 0 Å². The molecule has 0 aliphatic heterocycles. The monoisotopic (exact) mass is 293 g/mol. The van der Waals surface area contributed by atoms with Gasteiger partial charge < -0.3 is 0 Å². The van der Waals surface area contributed by atoms with Crippen LogP contribution < -0.4 is 0 Å². The Morgan fingerprint density at radius 2 is 1.41 bits per heavy atom. The molecule has 0 unspecified atom stereocenters. The first-order chi connectivity index (χ1) is 10.3. The number of rotatable bonds is 3. The van der Waals surface area contributed by atoms with Crippen LogP contribution in [-0.4, -0.2) is 23.0 Å². The zero-order valence-corrected chi connectivity index (χ0v) is 14.0. The summed E-state index contributed by atoms with van der Waals surface area (Å²) in [7, 11) is 0. The molecule has 0 saturated carbocycles. The Morgan fingerprint density at radius 1 is 0.864 bits per heavy atom. The third kappa shape index (κ3) is 4.62. The molecule has 0 spiro atoms. The quantitative estimate of drug-likeness (QED) is 0.758. The molecule has 0 N–H and O–H groups in total. The van der Waals surface area contributed by atoms with Crippen LogP contribution in [-0.2, 0) is 0 Å². The van der Waals surface area contributed by atoms with Gasteiger partial charge in [0, 0.05) is 6.21 Å². The number of benzene rings is 1. The minimum Gasteiger partial charge on any atom is -0.285 e. The molecule has 0 saturated heterocycles. The van der Waals surface area contributed by atoms with Crippen molar-refractivity contribution in [3.63, 3.8) is 0 Å².